The molecule has 4 rings (SSSR count). The lowest BCUT2D eigenvalue weighted by molar-refractivity contribution is 0.0934. The second-order valence-corrected chi connectivity index (χ2v) is 5.96. The summed E-state index contributed by atoms with van der Waals surface area (Å²) in [6.07, 6.45) is 12.5. The van der Waals surface area contributed by atoms with Crippen molar-refractivity contribution in [3.8, 4) is 11.4 Å². The molecule has 1 N–H and O–H groups in total. The topological polar surface area (TPSA) is 98.0 Å². The zero-order valence-corrected chi connectivity index (χ0v) is 14.6. The van der Waals surface area contributed by atoms with Crippen LogP contribution in [-0.2, 0) is 0 Å². The Hall–Kier alpha value is -3.68. The smallest absolute Gasteiger partial charge is 0.254 e. The van der Waals surface area contributed by atoms with Crippen molar-refractivity contribution in [3.05, 3.63) is 72.8 Å². The Balaban J connectivity index is 1.51. The maximum atomic E-state index is 12.6. The average molecular weight is 359 g/mol. The third-order valence-electron chi connectivity index (χ3n) is 4.18. The predicted molar refractivity (Wildman–Crippen MR) is 98.7 cm³/mol. The lowest BCUT2D eigenvalue weighted by atomic mass is 10.1. The minimum Gasteiger partial charge on any atom is -0.344 e. The van der Waals surface area contributed by atoms with Crippen LogP contribution in [0.15, 0.2) is 61.6 Å². The van der Waals surface area contributed by atoms with E-state index in [9.17, 15) is 4.79 Å². The maximum absolute atomic E-state index is 12.6. The number of hydrogen-bond acceptors (Lipinski definition) is 6. The van der Waals surface area contributed by atoms with Crippen LogP contribution in [-0.4, -0.2) is 35.2 Å². The second kappa shape index (κ2) is 7.28. The molecule has 4 aromatic rings. The van der Waals surface area contributed by atoms with Crippen LogP contribution < -0.4 is 5.32 Å². The van der Waals surface area contributed by atoms with Gasteiger partial charge >= 0.3 is 0 Å². The van der Waals surface area contributed by atoms with E-state index in [0.29, 0.717) is 23.6 Å². The highest BCUT2D eigenvalue weighted by atomic mass is 16.1. The largest absolute Gasteiger partial charge is 0.344 e. The summed E-state index contributed by atoms with van der Waals surface area (Å²) in [5.41, 5.74) is 2.01. The van der Waals surface area contributed by atoms with Crippen molar-refractivity contribution in [2.75, 3.05) is 0 Å². The monoisotopic (exact) mass is 359 g/mol. The van der Waals surface area contributed by atoms with Crippen molar-refractivity contribution in [2.24, 2.45) is 0 Å². The number of pyridine rings is 1. The lowest BCUT2D eigenvalue weighted by Gasteiger charge is -2.14. The van der Waals surface area contributed by atoms with E-state index in [1.807, 2.05) is 41.9 Å². The minimum atomic E-state index is -0.242. The molecule has 0 spiro atoms. The van der Waals surface area contributed by atoms with Crippen LogP contribution in [0.1, 0.15) is 35.4 Å². The number of hydrogen-bond donors (Lipinski definition) is 1. The highest BCUT2D eigenvalue weighted by Crippen LogP contribution is 2.17. The van der Waals surface area contributed by atoms with Crippen LogP contribution in [0.5, 0.6) is 0 Å². The van der Waals surface area contributed by atoms with Crippen molar-refractivity contribution < 1.29 is 4.79 Å². The van der Waals surface area contributed by atoms with Crippen LogP contribution in [0.3, 0.4) is 0 Å². The van der Waals surface area contributed by atoms with Crippen LogP contribution in [0, 0.1) is 0 Å². The molecule has 4 heterocycles. The fourth-order valence-electron chi connectivity index (χ4n) is 2.74. The van der Waals surface area contributed by atoms with Gasteiger partial charge in [-0.25, -0.2) is 19.9 Å². The zero-order valence-electron chi connectivity index (χ0n) is 14.6. The van der Waals surface area contributed by atoms with Gasteiger partial charge in [0.15, 0.2) is 5.82 Å². The lowest BCUT2D eigenvalue weighted by Crippen LogP contribution is -2.28. The van der Waals surface area contributed by atoms with Gasteiger partial charge < -0.3 is 5.32 Å². The number of aromatic nitrogens is 6. The van der Waals surface area contributed by atoms with E-state index in [2.05, 4.69) is 30.2 Å². The normalized spacial score (nSPS) is 12.0. The summed E-state index contributed by atoms with van der Waals surface area (Å²) in [6, 6.07) is 5.25. The molecular formula is C19H17N7O. The van der Waals surface area contributed by atoms with Crippen molar-refractivity contribution in [3.63, 3.8) is 0 Å². The summed E-state index contributed by atoms with van der Waals surface area (Å²) >= 11 is 0. The van der Waals surface area contributed by atoms with E-state index in [0.717, 1.165) is 11.3 Å². The fourth-order valence-corrected chi connectivity index (χ4v) is 2.74. The summed E-state index contributed by atoms with van der Waals surface area (Å²) in [5, 5.41) is 2.99. The quantitative estimate of drug-likeness (QED) is 0.588. The predicted octanol–water partition coefficient (Wildman–Crippen LogP) is 2.46. The third-order valence-corrected chi connectivity index (χ3v) is 4.18. The summed E-state index contributed by atoms with van der Waals surface area (Å²) in [4.78, 5) is 33.8. The Labute approximate surface area is 155 Å². The molecule has 27 heavy (non-hydrogen) atoms. The van der Waals surface area contributed by atoms with Gasteiger partial charge in [-0.15, -0.1) is 0 Å². The SMILES string of the molecule is CC[C@@H](NC(=O)c1cnc(-c2ccncc2)nc1)c1cn2cccnc2n1. The van der Waals surface area contributed by atoms with E-state index in [-0.39, 0.29) is 11.9 Å². The first kappa shape index (κ1) is 16.8. The third kappa shape index (κ3) is 3.50. The maximum Gasteiger partial charge on any atom is 0.254 e. The van der Waals surface area contributed by atoms with E-state index in [1.165, 1.54) is 12.4 Å². The number of rotatable bonds is 5. The Kier molecular flexibility index (Phi) is 4.52. The van der Waals surface area contributed by atoms with Crippen LogP contribution in [0.2, 0.25) is 0 Å². The van der Waals surface area contributed by atoms with E-state index in [1.54, 1.807) is 18.6 Å². The van der Waals surface area contributed by atoms with E-state index < -0.39 is 0 Å². The molecule has 0 aromatic carbocycles. The Morgan fingerprint density at radius 1 is 1.15 bits per heavy atom. The Morgan fingerprint density at radius 3 is 2.63 bits per heavy atom. The summed E-state index contributed by atoms with van der Waals surface area (Å²) < 4.78 is 1.83. The molecule has 0 aliphatic carbocycles. The molecule has 134 valence electrons. The van der Waals surface area contributed by atoms with Crippen molar-refractivity contribution >= 4 is 11.7 Å². The first-order valence-electron chi connectivity index (χ1n) is 8.57. The minimum absolute atomic E-state index is 0.223. The van der Waals surface area contributed by atoms with Gasteiger partial charge in [0.1, 0.15) is 0 Å². The molecule has 0 radical (unpaired) electrons. The number of carbonyl (C=O) groups excluding carboxylic acids is 1. The van der Waals surface area contributed by atoms with Crippen LogP contribution in [0.4, 0.5) is 0 Å². The standard InChI is InChI=1S/C19H17N7O/c1-2-15(16-12-26-9-3-6-21-19(26)25-16)24-18(27)14-10-22-17(23-11-14)13-4-7-20-8-5-13/h3-12,15H,2H2,1H3,(H,24,27)/t15-/m1/s1. The summed E-state index contributed by atoms with van der Waals surface area (Å²) in [7, 11) is 0. The first-order chi connectivity index (χ1) is 13.2. The van der Waals surface area contributed by atoms with Crippen LogP contribution >= 0.6 is 0 Å². The molecule has 0 aliphatic rings. The molecule has 0 saturated heterocycles. The number of nitrogens with one attached hydrogen (secondary N) is 1. The van der Waals surface area contributed by atoms with Gasteiger partial charge in [0.25, 0.3) is 5.91 Å². The van der Waals surface area contributed by atoms with Crippen molar-refractivity contribution in [1.82, 2.24) is 34.6 Å². The highest BCUT2D eigenvalue weighted by Gasteiger charge is 2.18. The Bertz CT molecular complexity index is 1030. The molecule has 8 nitrogen and oxygen atoms in total. The summed E-state index contributed by atoms with van der Waals surface area (Å²) in [6.45, 7) is 1.99. The number of imidazole rings is 1. The first-order valence-corrected chi connectivity index (χ1v) is 8.57. The van der Waals surface area contributed by atoms with Crippen molar-refractivity contribution in [2.45, 2.75) is 19.4 Å². The van der Waals surface area contributed by atoms with Gasteiger partial charge in [-0.2, -0.15) is 0 Å². The number of nitrogens with zero attached hydrogens (tertiary/aromatic N) is 6. The van der Waals surface area contributed by atoms with E-state index >= 15 is 0 Å². The van der Waals surface area contributed by atoms with Gasteiger partial charge in [0.2, 0.25) is 5.78 Å². The van der Waals surface area contributed by atoms with Crippen molar-refractivity contribution in [1.29, 1.82) is 0 Å². The molecule has 0 fully saturated rings. The highest BCUT2D eigenvalue weighted by molar-refractivity contribution is 5.94. The van der Waals surface area contributed by atoms with Crippen LogP contribution in [0.25, 0.3) is 17.2 Å². The van der Waals surface area contributed by atoms with Gasteiger partial charge in [0, 0.05) is 48.9 Å². The summed E-state index contributed by atoms with van der Waals surface area (Å²) in [5.74, 6) is 0.908. The second-order valence-electron chi connectivity index (χ2n) is 5.96. The van der Waals surface area contributed by atoms with E-state index in [4.69, 9.17) is 0 Å². The average Bonchev–Trinajstić information content (AvgIpc) is 3.16. The molecule has 0 bridgehead atoms. The van der Waals surface area contributed by atoms with Gasteiger partial charge in [-0.05, 0) is 24.6 Å². The molecule has 4 aromatic heterocycles. The number of fused-ring (bicyclic) bond motifs is 1. The molecule has 1 atom stereocenters. The van der Waals surface area contributed by atoms with Gasteiger partial charge in [-0.3, -0.25) is 14.2 Å². The fraction of sp³-hybridized carbons (Fsp3) is 0.158. The molecule has 0 saturated carbocycles. The molecular weight excluding hydrogens is 342 g/mol. The Morgan fingerprint density at radius 2 is 1.93 bits per heavy atom. The molecule has 0 unspecified atom stereocenters. The van der Waals surface area contributed by atoms with Gasteiger partial charge in [-0.1, -0.05) is 6.92 Å². The zero-order chi connectivity index (χ0) is 18.6. The molecule has 1 amide bonds. The number of amides is 1. The molecule has 0 aliphatic heterocycles. The number of carbonyl (C=O) groups is 1. The molecule has 8 heteroatoms. The van der Waals surface area contributed by atoms with Gasteiger partial charge in [0.05, 0.1) is 17.3 Å².